The van der Waals surface area contributed by atoms with Crippen molar-refractivity contribution in [3.63, 3.8) is 0 Å². The summed E-state index contributed by atoms with van der Waals surface area (Å²) >= 11 is 0. The number of nitrogens with zero attached hydrogens (tertiary/aromatic N) is 2. The highest BCUT2D eigenvalue weighted by Gasteiger charge is 2.18. The van der Waals surface area contributed by atoms with Gasteiger partial charge >= 0.3 is 0 Å². The molecule has 2 N–H and O–H groups in total. The molecule has 1 aromatic heterocycles. The third-order valence-electron chi connectivity index (χ3n) is 3.65. The van der Waals surface area contributed by atoms with Crippen molar-refractivity contribution < 1.29 is 0 Å². The summed E-state index contributed by atoms with van der Waals surface area (Å²) in [5, 5.41) is 1.07. The second-order valence-corrected chi connectivity index (χ2v) is 4.87. The maximum absolute atomic E-state index is 6.13. The van der Waals surface area contributed by atoms with Gasteiger partial charge in [-0.05, 0) is 37.1 Å². The van der Waals surface area contributed by atoms with Crippen molar-refractivity contribution in [2.45, 2.75) is 25.7 Å². The van der Waals surface area contributed by atoms with Crippen LogP contribution in [-0.4, -0.2) is 10.8 Å². The molecule has 1 aromatic carbocycles. The summed E-state index contributed by atoms with van der Waals surface area (Å²) in [6, 6.07) is 9.97. The predicted octanol–water partition coefficient (Wildman–Crippen LogP) is 3.41. The lowest BCUT2D eigenvalue weighted by Crippen LogP contribution is -2.20. The minimum absolute atomic E-state index is 0.469. The van der Waals surface area contributed by atoms with Crippen LogP contribution in [0.4, 0.5) is 5.69 Å². The normalized spacial score (nSPS) is 17.4. The first-order valence-corrected chi connectivity index (χ1v) is 6.52. The number of aliphatic imine (C=N–C) groups is 1. The van der Waals surface area contributed by atoms with Crippen LogP contribution in [0.1, 0.15) is 25.7 Å². The second kappa shape index (κ2) is 4.77. The van der Waals surface area contributed by atoms with Crippen LogP contribution >= 0.6 is 0 Å². The molecule has 0 radical (unpaired) electrons. The van der Waals surface area contributed by atoms with E-state index < -0.39 is 0 Å². The number of nitrogens with two attached hydrogens (primary N) is 1. The van der Waals surface area contributed by atoms with E-state index in [0.717, 1.165) is 22.4 Å². The summed E-state index contributed by atoms with van der Waals surface area (Å²) in [5.41, 5.74) is 8.04. The Morgan fingerprint density at radius 1 is 1.17 bits per heavy atom. The lowest BCUT2D eigenvalue weighted by Gasteiger charge is -2.09. The Morgan fingerprint density at radius 2 is 2.00 bits per heavy atom. The van der Waals surface area contributed by atoms with Gasteiger partial charge in [0.05, 0.1) is 11.2 Å². The summed E-state index contributed by atoms with van der Waals surface area (Å²) in [4.78, 5) is 8.96. The van der Waals surface area contributed by atoms with Gasteiger partial charge in [-0.1, -0.05) is 18.9 Å². The Kier molecular flexibility index (Phi) is 2.97. The average molecular weight is 239 g/mol. The Bertz CT molecular complexity index is 578. The van der Waals surface area contributed by atoms with E-state index in [9.17, 15) is 0 Å². The van der Waals surface area contributed by atoms with Gasteiger partial charge in [0.1, 0.15) is 5.84 Å². The van der Waals surface area contributed by atoms with E-state index in [1.54, 1.807) is 6.20 Å². The minimum Gasteiger partial charge on any atom is -0.387 e. The average Bonchev–Trinajstić information content (AvgIpc) is 2.93. The quantitative estimate of drug-likeness (QED) is 0.645. The van der Waals surface area contributed by atoms with Crippen LogP contribution < -0.4 is 5.73 Å². The molecule has 1 aliphatic rings. The second-order valence-electron chi connectivity index (χ2n) is 4.87. The van der Waals surface area contributed by atoms with Gasteiger partial charge < -0.3 is 5.73 Å². The molecule has 0 amide bonds. The molecule has 3 heteroatoms. The first-order valence-electron chi connectivity index (χ1n) is 6.52. The Hall–Kier alpha value is -1.90. The third-order valence-corrected chi connectivity index (χ3v) is 3.65. The number of rotatable bonds is 2. The zero-order valence-corrected chi connectivity index (χ0v) is 10.3. The maximum Gasteiger partial charge on any atom is 0.103 e. The lowest BCUT2D eigenvalue weighted by atomic mass is 10.1. The van der Waals surface area contributed by atoms with Crippen molar-refractivity contribution >= 4 is 22.4 Å². The van der Waals surface area contributed by atoms with Gasteiger partial charge in [0.15, 0.2) is 0 Å². The molecule has 3 rings (SSSR count). The molecule has 0 aliphatic heterocycles. The molecule has 0 spiro atoms. The highest BCUT2D eigenvalue weighted by Crippen LogP contribution is 2.28. The third kappa shape index (κ3) is 2.08. The van der Waals surface area contributed by atoms with E-state index >= 15 is 0 Å². The zero-order chi connectivity index (χ0) is 12.4. The number of benzene rings is 1. The van der Waals surface area contributed by atoms with Gasteiger partial charge in [-0.15, -0.1) is 0 Å². The molecule has 1 saturated carbocycles. The molecule has 92 valence electrons. The smallest absolute Gasteiger partial charge is 0.103 e. The maximum atomic E-state index is 6.13. The van der Waals surface area contributed by atoms with E-state index in [2.05, 4.69) is 9.98 Å². The Morgan fingerprint density at radius 3 is 2.83 bits per heavy atom. The molecular formula is C15H17N3. The number of amidine groups is 1. The van der Waals surface area contributed by atoms with Crippen molar-refractivity contribution in [1.82, 2.24) is 4.98 Å². The van der Waals surface area contributed by atoms with Gasteiger partial charge in [-0.25, -0.2) is 4.99 Å². The van der Waals surface area contributed by atoms with Crippen molar-refractivity contribution in [2.75, 3.05) is 0 Å². The summed E-state index contributed by atoms with van der Waals surface area (Å²) in [6.07, 6.45) is 6.71. The molecule has 0 unspecified atom stereocenters. The number of hydrogen-bond acceptors (Lipinski definition) is 2. The van der Waals surface area contributed by atoms with Crippen LogP contribution in [0.15, 0.2) is 41.5 Å². The van der Waals surface area contributed by atoms with Crippen molar-refractivity contribution in [3.05, 3.63) is 36.5 Å². The Balaban J connectivity index is 2.01. The van der Waals surface area contributed by atoms with Crippen LogP contribution in [0.3, 0.4) is 0 Å². The standard InChI is InChI=1S/C15H17N3/c16-15(11-5-1-2-6-11)18-14-9-3-8-13-12(14)7-4-10-17-13/h3-4,7-11H,1-2,5-6H2,(H2,16,18). The molecule has 0 saturated heterocycles. The largest absolute Gasteiger partial charge is 0.387 e. The number of aromatic nitrogens is 1. The van der Waals surface area contributed by atoms with E-state index in [4.69, 9.17) is 5.73 Å². The van der Waals surface area contributed by atoms with Gasteiger partial charge in [0, 0.05) is 17.5 Å². The van der Waals surface area contributed by atoms with Crippen LogP contribution in [0.25, 0.3) is 10.9 Å². The van der Waals surface area contributed by atoms with Crippen LogP contribution in [-0.2, 0) is 0 Å². The summed E-state index contributed by atoms with van der Waals surface area (Å²) in [6.45, 7) is 0. The van der Waals surface area contributed by atoms with E-state index in [-0.39, 0.29) is 0 Å². The fourth-order valence-corrected chi connectivity index (χ4v) is 2.64. The topological polar surface area (TPSA) is 51.3 Å². The lowest BCUT2D eigenvalue weighted by molar-refractivity contribution is 0.722. The summed E-state index contributed by atoms with van der Waals surface area (Å²) in [7, 11) is 0. The highest BCUT2D eigenvalue weighted by molar-refractivity contribution is 5.94. The van der Waals surface area contributed by atoms with Crippen molar-refractivity contribution in [1.29, 1.82) is 0 Å². The number of pyridine rings is 1. The summed E-state index contributed by atoms with van der Waals surface area (Å²) in [5.74, 6) is 1.25. The predicted molar refractivity (Wildman–Crippen MR) is 75.0 cm³/mol. The first kappa shape index (κ1) is 11.2. The molecule has 0 atom stereocenters. The van der Waals surface area contributed by atoms with Gasteiger partial charge in [0.25, 0.3) is 0 Å². The van der Waals surface area contributed by atoms with Crippen LogP contribution in [0.2, 0.25) is 0 Å². The van der Waals surface area contributed by atoms with Gasteiger partial charge in [-0.3, -0.25) is 4.98 Å². The minimum atomic E-state index is 0.469. The van der Waals surface area contributed by atoms with Gasteiger partial charge in [0.2, 0.25) is 0 Å². The molecular weight excluding hydrogens is 222 g/mol. The molecule has 3 nitrogen and oxygen atoms in total. The van der Waals surface area contributed by atoms with Crippen molar-refractivity contribution in [3.8, 4) is 0 Å². The molecule has 1 fully saturated rings. The number of hydrogen-bond donors (Lipinski definition) is 1. The number of fused-ring (bicyclic) bond motifs is 1. The van der Waals surface area contributed by atoms with Gasteiger partial charge in [-0.2, -0.15) is 0 Å². The molecule has 0 bridgehead atoms. The molecule has 1 aliphatic carbocycles. The van der Waals surface area contributed by atoms with E-state index in [1.165, 1.54) is 25.7 Å². The fourth-order valence-electron chi connectivity index (χ4n) is 2.64. The van der Waals surface area contributed by atoms with E-state index in [0.29, 0.717) is 5.92 Å². The van der Waals surface area contributed by atoms with Crippen molar-refractivity contribution in [2.24, 2.45) is 16.6 Å². The molecule has 18 heavy (non-hydrogen) atoms. The SMILES string of the molecule is NC(=Nc1cccc2ncccc12)C1CCCC1. The van der Waals surface area contributed by atoms with Crippen LogP contribution in [0, 0.1) is 5.92 Å². The molecule has 1 heterocycles. The molecule has 2 aromatic rings. The zero-order valence-electron chi connectivity index (χ0n) is 10.3. The fraction of sp³-hybridized carbons (Fsp3) is 0.333. The highest BCUT2D eigenvalue weighted by atomic mass is 14.9. The van der Waals surface area contributed by atoms with E-state index in [1.807, 2.05) is 30.3 Å². The Labute approximate surface area is 107 Å². The summed E-state index contributed by atoms with van der Waals surface area (Å²) < 4.78 is 0. The first-order chi connectivity index (χ1) is 8.84. The monoisotopic (exact) mass is 239 g/mol. The van der Waals surface area contributed by atoms with Crippen LogP contribution in [0.5, 0.6) is 0 Å².